The van der Waals surface area contributed by atoms with Gasteiger partial charge in [0.25, 0.3) is 5.91 Å². The van der Waals surface area contributed by atoms with E-state index in [4.69, 9.17) is 4.42 Å². The molecule has 22 heavy (non-hydrogen) atoms. The Labute approximate surface area is 137 Å². The van der Waals surface area contributed by atoms with Crippen LogP contribution in [-0.2, 0) is 4.79 Å². The first-order chi connectivity index (χ1) is 10.7. The Morgan fingerprint density at radius 3 is 2.73 bits per heavy atom. The molecule has 3 rings (SSSR count). The van der Waals surface area contributed by atoms with Crippen molar-refractivity contribution < 1.29 is 9.21 Å². The van der Waals surface area contributed by atoms with E-state index in [0.29, 0.717) is 4.91 Å². The van der Waals surface area contributed by atoms with Crippen LogP contribution in [0, 0.1) is 0 Å². The van der Waals surface area contributed by atoms with Crippen molar-refractivity contribution in [3.8, 4) is 0 Å². The van der Waals surface area contributed by atoms with Gasteiger partial charge in [-0.05, 0) is 36.1 Å². The summed E-state index contributed by atoms with van der Waals surface area (Å²) in [6, 6.07) is 13.8. The second kappa shape index (κ2) is 6.34. The van der Waals surface area contributed by atoms with Gasteiger partial charge in [-0.2, -0.15) is 0 Å². The third kappa shape index (κ3) is 2.77. The molecule has 0 fully saturated rings. The summed E-state index contributed by atoms with van der Waals surface area (Å²) in [7, 11) is 0. The number of thioether (sulfide) groups is 1. The lowest BCUT2D eigenvalue weighted by Gasteiger charge is -2.02. The third-order valence-corrected chi connectivity index (χ3v) is 4.19. The predicted octanol–water partition coefficient (Wildman–Crippen LogP) is 4.36. The smallest absolute Gasteiger partial charge is 0.262 e. The number of thiocarbonyl (C=S) groups is 1. The predicted molar refractivity (Wildman–Crippen MR) is 97.0 cm³/mol. The van der Waals surface area contributed by atoms with Gasteiger partial charge in [-0.1, -0.05) is 36.5 Å². The lowest BCUT2D eigenvalue weighted by Crippen LogP contribution is -2.20. The molecule has 3 aromatic rings. The Bertz CT molecular complexity index is 896. The number of amides is 1. The van der Waals surface area contributed by atoms with Gasteiger partial charge in [-0.25, -0.2) is 0 Å². The summed E-state index contributed by atoms with van der Waals surface area (Å²) >= 11 is 6.04. The van der Waals surface area contributed by atoms with Crippen LogP contribution >= 0.6 is 24.0 Å². The average molecular weight is 327 g/mol. The van der Waals surface area contributed by atoms with Crippen LogP contribution in [0.5, 0.6) is 0 Å². The molecule has 0 bridgehead atoms. The molecule has 0 unspecified atom stereocenters. The van der Waals surface area contributed by atoms with Crippen LogP contribution in [0.25, 0.3) is 28.0 Å². The molecule has 1 amide bonds. The van der Waals surface area contributed by atoms with Gasteiger partial charge in [0.05, 0.1) is 10.4 Å². The molecule has 0 spiro atoms. The van der Waals surface area contributed by atoms with Crippen LogP contribution in [0.1, 0.15) is 5.56 Å². The highest BCUT2D eigenvalue weighted by Crippen LogP contribution is 2.30. The number of carbonyl (C=O) groups excluding carboxylic acids is 1. The maximum absolute atomic E-state index is 11.9. The first kappa shape index (κ1) is 14.8. The van der Waals surface area contributed by atoms with Gasteiger partial charge < -0.3 is 9.73 Å². The molecule has 1 heterocycles. The fraction of sp³-hybridized carbons (Fsp3) is 0.0588. The highest BCUT2D eigenvalue weighted by molar-refractivity contribution is 8.03. The molecule has 0 radical (unpaired) electrons. The van der Waals surface area contributed by atoms with Crippen LogP contribution in [0.2, 0.25) is 0 Å². The summed E-state index contributed by atoms with van der Waals surface area (Å²) in [5.74, 6) is -0.195. The van der Waals surface area contributed by atoms with Crippen LogP contribution in [0.4, 0.5) is 0 Å². The number of hydrogen-bond donors (Lipinski definition) is 1. The number of benzene rings is 2. The zero-order valence-electron chi connectivity index (χ0n) is 11.8. The second-order valence-electron chi connectivity index (χ2n) is 4.66. The van der Waals surface area contributed by atoms with E-state index in [0.717, 1.165) is 27.5 Å². The molecule has 0 saturated heterocycles. The first-order valence-corrected chi connectivity index (χ1v) is 8.34. The maximum atomic E-state index is 11.9. The molecule has 110 valence electrons. The molecular weight excluding hydrogens is 314 g/mol. The largest absolute Gasteiger partial charge is 0.456 e. The Kier molecular flexibility index (Phi) is 4.27. The zero-order valence-corrected chi connectivity index (χ0v) is 13.5. The standard InChI is InChI=1S/C17H13NO2S2/c1-22-16(17(19)18-10-21)9-11-6-7-15-13(8-11)12-4-2-3-5-14(12)20-15/h2-10H,1H3,(H,18,19,21)/b16-9-. The summed E-state index contributed by atoms with van der Waals surface area (Å²) < 4.78 is 5.80. The van der Waals surface area contributed by atoms with E-state index in [1.807, 2.05) is 54.8 Å². The summed E-state index contributed by atoms with van der Waals surface area (Å²) in [4.78, 5) is 12.5. The average Bonchev–Trinajstić information content (AvgIpc) is 2.90. The van der Waals surface area contributed by atoms with Crippen molar-refractivity contribution in [2.75, 3.05) is 6.26 Å². The van der Waals surface area contributed by atoms with Crippen LogP contribution in [0.3, 0.4) is 0 Å². The summed E-state index contributed by atoms with van der Waals surface area (Å²) in [5.41, 5.74) is 3.87. The number of para-hydroxylation sites is 1. The summed E-state index contributed by atoms with van der Waals surface area (Å²) in [6.45, 7) is 0. The quantitative estimate of drug-likeness (QED) is 0.571. The van der Waals surface area contributed by atoms with Crippen LogP contribution in [0.15, 0.2) is 51.8 Å². The summed E-state index contributed by atoms with van der Waals surface area (Å²) in [5, 5.41) is 4.63. The number of furan rings is 1. The van der Waals surface area contributed by atoms with Crippen molar-refractivity contribution in [3.63, 3.8) is 0 Å². The van der Waals surface area contributed by atoms with Gasteiger partial charge in [0.1, 0.15) is 11.2 Å². The van der Waals surface area contributed by atoms with Crippen LogP contribution < -0.4 is 5.32 Å². The number of carbonyl (C=O) groups is 1. The summed E-state index contributed by atoms with van der Waals surface area (Å²) in [6.07, 6.45) is 3.71. The monoisotopic (exact) mass is 327 g/mol. The molecule has 0 aliphatic carbocycles. The molecule has 3 nitrogen and oxygen atoms in total. The van der Waals surface area contributed by atoms with Gasteiger partial charge in [-0.15, -0.1) is 11.8 Å². The second-order valence-corrected chi connectivity index (χ2v) is 5.74. The first-order valence-electron chi connectivity index (χ1n) is 6.64. The highest BCUT2D eigenvalue weighted by atomic mass is 32.2. The van der Waals surface area contributed by atoms with E-state index in [-0.39, 0.29) is 5.91 Å². The molecule has 2 aromatic carbocycles. The van der Waals surface area contributed by atoms with E-state index in [9.17, 15) is 4.79 Å². The molecule has 0 aliphatic rings. The van der Waals surface area contributed by atoms with Gasteiger partial charge in [0.15, 0.2) is 0 Å². The zero-order chi connectivity index (χ0) is 15.5. The lowest BCUT2D eigenvalue weighted by atomic mass is 10.1. The topological polar surface area (TPSA) is 42.2 Å². The molecule has 0 aliphatic heterocycles. The van der Waals surface area contributed by atoms with Crippen molar-refractivity contribution >= 4 is 63.4 Å². The fourth-order valence-electron chi connectivity index (χ4n) is 2.33. The van der Waals surface area contributed by atoms with Gasteiger partial charge in [-0.3, -0.25) is 4.79 Å². The van der Waals surface area contributed by atoms with Crippen molar-refractivity contribution in [2.24, 2.45) is 0 Å². The Hall–Kier alpha value is -2.11. The minimum Gasteiger partial charge on any atom is -0.456 e. The molecule has 1 aromatic heterocycles. The molecular formula is C17H13NO2S2. The molecule has 1 N–H and O–H groups in total. The van der Waals surface area contributed by atoms with Gasteiger partial charge >= 0.3 is 0 Å². The lowest BCUT2D eigenvalue weighted by molar-refractivity contribution is -0.115. The molecule has 5 heteroatoms. The van der Waals surface area contributed by atoms with Crippen molar-refractivity contribution in [2.45, 2.75) is 0 Å². The SMILES string of the molecule is CS/C(=C\c1ccc2oc3ccccc3c2c1)C(=O)NC=S. The van der Waals surface area contributed by atoms with E-state index in [1.165, 1.54) is 17.3 Å². The van der Waals surface area contributed by atoms with Crippen molar-refractivity contribution in [3.05, 3.63) is 52.9 Å². The Morgan fingerprint density at radius 1 is 1.18 bits per heavy atom. The number of rotatable bonds is 4. The van der Waals surface area contributed by atoms with Gasteiger partial charge in [0, 0.05) is 10.8 Å². The Balaban J connectivity index is 2.09. The van der Waals surface area contributed by atoms with E-state index < -0.39 is 0 Å². The van der Waals surface area contributed by atoms with Crippen molar-refractivity contribution in [1.82, 2.24) is 5.32 Å². The van der Waals surface area contributed by atoms with Gasteiger partial charge in [0.2, 0.25) is 0 Å². The third-order valence-electron chi connectivity index (χ3n) is 3.33. The van der Waals surface area contributed by atoms with Crippen LogP contribution in [-0.4, -0.2) is 17.7 Å². The molecule has 0 saturated carbocycles. The molecule has 0 atom stereocenters. The number of hydrogen-bond acceptors (Lipinski definition) is 4. The highest BCUT2D eigenvalue weighted by Gasteiger charge is 2.09. The maximum Gasteiger partial charge on any atom is 0.262 e. The number of nitrogens with one attached hydrogen (secondary N) is 1. The van der Waals surface area contributed by atoms with E-state index in [1.54, 1.807) is 0 Å². The van der Waals surface area contributed by atoms with Crippen molar-refractivity contribution in [1.29, 1.82) is 0 Å². The minimum atomic E-state index is -0.195. The minimum absolute atomic E-state index is 0.195. The van der Waals surface area contributed by atoms with E-state index >= 15 is 0 Å². The Morgan fingerprint density at radius 2 is 1.95 bits per heavy atom. The number of fused-ring (bicyclic) bond motifs is 3. The normalized spacial score (nSPS) is 11.8. The fourth-order valence-corrected chi connectivity index (χ4v) is 2.93. The van der Waals surface area contributed by atoms with E-state index in [2.05, 4.69) is 17.5 Å².